The minimum atomic E-state index is 0.456. The van der Waals surface area contributed by atoms with E-state index >= 15 is 0 Å². The minimum Gasteiger partial charge on any atom is -0.271 e. The van der Waals surface area contributed by atoms with E-state index in [-0.39, 0.29) is 0 Å². The lowest BCUT2D eigenvalue weighted by Crippen LogP contribution is -2.43. The zero-order chi connectivity index (χ0) is 10.7. The standard InChI is InChI=1S/C12H20N2S/c1-9-3-2-4-11(9)12(14-13)7-10-5-6-15-8-10/h5-6,8-9,11-12,14H,2-4,7,13H2,1H3. The molecular weight excluding hydrogens is 204 g/mol. The van der Waals surface area contributed by atoms with Gasteiger partial charge < -0.3 is 0 Å². The summed E-state index contributed by atoms with van der Waals surface area (Å²) in [6, 6.07) is 2.66. The van der Waals surface area contributed by atoms with Crippen LogP contribution in [0.3, 0.4) is 0 Å². The molecule has 0 spiro atoms. The first kappa shape index (κ1) is 11.1. The fourth-order valence-electron chi connectivity index (χ4n) is 2.77. The van der Waals surface area contributed by atoms with Crippen molar-refractivity contribution in [3.8, 4) is 0 Å². The van der Waals surface area contributed by atoms with Gasteiger partial charge in [0, 0.05) is 6.04 Å². The van der Waals surface area contributed by atoms with Gasteiger partial charge in [0.25, 0.3) is 0 Å². The molecule has 2 nitrogen and oxygen atoms in total. The monoisotopic (exact) mass is 224 g/mol. The Bertz CT molecular complexity index is 284. The second kappa shape index (κ2) is 5.10. The van der Waals surface area contributed by atoms with Crippen LogP contribution >= 0.6 is 11.3 Å². The molecule has 1 heterocycles. The van der Waals surface area contributed by atoms with E-state index in [1.807, 2.05) is 0 Å². The molecule has 3 N–H and O–H groups in total. The van der Waals surface area contributed by atoms with Crippen LogP contribution in [-0.2, 0) is 6.42 Å². The maximum atomic E-state index is 5.68. The number of hydrazine groups is 1. The highest BCUT2D eigenvalue weighted by atomic mass is 32.1. The molecule has 0 aliphatic heterocycles. The molecule has 84 valence electrons. The highest BCUT2D eigenvalue weighted by Crippen LogP contribution is 2.34. The van der Waals surface area contributed by atoms with Crippen LogP contribution in [0.2, 0.25) is 0 Å². The van der Waals surface area contributed by atoms with Crippen molar-refractivity contribution in [2.75, 3.05) is 0 Å². The smallest absolute Gasteiger partial charge is 0.0281 e. The van der Waals surface area contributed by atoms with E-state index in [1.54, 1.807) is 11.3 Å². The molecule has 0 bridgehead atoms. The average Bonchev–Trinajstić information content (AvgIpc) is 2.85. The van der Waals surface area contributed by atoms with E-state index in [1.165, 1.54) is 24.8 Å². The highest BCUT2D eigenvalue weighted by Gasteiger charge is 2.30. The normalized spacial score (nSPS) is 28.1. The Kier molecular flexibility index (Phi) is 3.78. The zero-order valence-electron chi connectivity index (χ0n) is 9.28. The molecule has 0 amide bonds. The van der Waals surface area contributed by atoms with Gasteiger partial charge in [-0.3, -0.25) is 11.3 Å². The van der Waals surface area contributed by atoms with Gasteiger partial charge in [0.1, 0.15) is 0 Å². The topological polar surface area (TPSA) is 38.0 Å². The molecule has 3 atom stereocenters. The molecule has 2 rings (SSSR count). The molecule has 0 saturated heterocycles. The van der Waals surface area contributed by atoms with Crippen LogP contribution in [0.5, 0.6) is 0 Å². The molecule has 1 aliphatic rings. The maximum Gasteiger partial charge on any atom is 0.0281 e. The Morgan fingerprint density at radius 2 is 2.47 bits per heavy atom. The van der Waals surface area contributed by atoms with Crippen molar-refractivity contribution in [2.24, 2.45) is 17.7 Å². The van der Waals surface area contributed by atoms with Crippen molar-refractivity contribution in [1.82, 2.24) is 5.43 Å². The van der Waals surface area contributed by atoms with E-state index < -0.39 is 0 Å². The Morgan fingerprint density at radius 1 is 1.60 bits per heavy atom. The summed E-state index contributed by atoms with van der Waals surface area (Å²) < 4.78 is 0. The van der Waals surface area contributed by atoms with Crippen molar-refractivity contribution in [3.63, 3.8) is 0 Å². The van der Waals surface area contributed by atoms with E-state index in [9.17, 15) is 0 Å². The summed E-state index contributed by atoms with van der Waals surface area (Å²) >= 11 is 1.77. The van der Waals surface area contributed by atoms with Gasteiger partial charge in [0.05, 0.1) is 0 Å². The molecule has 1 aliphatic carbocycles. The average molecular weight is 224 g/mol. The fourth-order valence-corrected chi connectivity index (χ4v) is 3.45. The predicted molar refractivity (Wildman–Crippen MR) is 65.6 cm³/mol. The van der Waals surface area contributed by atoms with Gasteiger partial charge >= 0.3 is 0 Å². The van der Waals surface area contributed by atoms with Crippen LogP contribution < -0.4 is 11.3 Å². The second-order valence-corrected chi connectivity index (χ2v) is 5.46. The lowest BCUT2D eigenvalue weighted by atomic mass is 9.87. The SMILES string of the molecule is CC1CCCC1C(Cc1ccsc1)NN. The summed E-state index contributed by atoms with van der Waals surface area (Å²) in [6.07, 6.45) is 5.15. The van der Waals surface area contributed by atoms with Gasteiger partial charge in [0.2, 0.25) is 0 Å². The van der Waals surface area contributed by atoms with Crippen LogP contribution in [0, 0.1) is 11.8 Å². The molecule has 3 heteroatoms. The quantitative estimate of drug-likeness (QED) is 0.609. The summed E-state index contributed by atoms with van der Waals surface area (Å²) in [6.45, 7) is 2.36. The summed E-state index contributed by atoms with van der Waals surface area (Å²) in [5.74, 6) is 7.27. The van der Waals surface area contributed by atoms with Crippen molar-refractivity contribution < 1.29 is 0 Å². The number of thiophene rings is 1. The number of nitrogens with two attached hydrogens (primary N) is 1. The van der Waals surface area contributed by atoms with Gasteiger partial charge in [0.15, 0.2) is 0 Å². The Labute approximate surface area is 95.8 Å². The highest BCUT2D eigenvalue weighted by molar-refractivity contribution is 7.07. The van der Waals surface area contributed by atoms with E-state index in [4.69, 9.17) is 5.84 Å². The molecule has 1 saturated carbocycles. The molecule has 1 fully saturated rings. The third kappa shape index (κ3) is 2.60. The first-order valence-electron chi connectivity index (χ1n) is 5.78. The van der Waals surface area contributed by atoms with Crippen molar-refractivity contribution in [3.05, 3.63) is 22.4 Å². The van der Waals surface area contributed by atoms with Gasteiger partial charge in [-0.15, -0.1) is 0 Å². The molecule has 3 unspecified atom stereocenters. The molecule has 1 aromatic rings. The van der Waals surface area contributed by atoms with Crippen LogP contribution in [-0.4, -0.2) is 6.04 Å². The third-order valence-corrected chi connectivity index (χ3v) is 4.43. The van der Waals surface area contributed by atoms with E-state index in [2.05, 4.69) is 29.2 Å². The number of hydrogen-bond acceptors (Lipinski definition) is 3. The number of nitrogens with one attached hydrogen (secondary N) is 1. The van der Waals surface area contributed by atoms with Crippen molar-refractivity contribution in [1.29, 1.82) is 0 Å². The van der Waals surface area contributed by atoms with Crippen molar-refractivity contribution >= 4 is 11.3 Å². The van der Waals surface area contributed by atoms with Crippen LogP contribution in [0.15, 0.2) is 16.8 Å². The first-order chi connectivity index (χ1) is 7.31. The van der Waals surface area contributed by atoms with E-state index in [0.29, 0.717) is 6.04 Å². The molecule has 0 radical (unpaired) electrons. The summed E-state index contributed by atoms with van der Waals surface area (Å²) in [5, 5.41) is 4.37. The Morgan fingerprint density at radius 3 is 3.00 bits per heavy atom. The van der Waals surface area contributed by atoms with Gasteiger partial charge in [-0.05, 0) is 47.1 Å². The predicted octanol–water partition coefficient (Wildman–Crippen LogP) is 2.56. The molecular formula is C12H20N2S. The lowest BCUT2D eigenvalue weighted by molar-refractivity contribution is 0.298. The number of rotatable bonds is 4. The Hall–Kier alpha value is -0.380. The van der Waals surface area contributed by atoms with Crippen molar-refractivity contribution in [2.45, 2.75) is 38.6 Å². The van der Waals surface area contributed by atoms with Crippen LogP contribution in [0.1, 0.15) is 31.7 Å². The molecule has 0 aromatic carbocycles. The maximum absolute atomic E-state index is 5.68. The number of hydrogen-bond donors (Lipinski definition) is 2. The van der Waals surface area contributed by atoms with Gasteiger partial charge in [-0.1, -0.05) is 19.8 Å². The van der Waals surface area contributed by atoms with Gasteiger partial charge in [-0.2, -0.15) is 11.3 Å². The zero-order valence-corrected chi connectivity index (χ0v) is 10.1. The summed E-state index contributed by atoms with van der Waals surface area (Å²) in [5.41, 5.74) is 4.44. The summed E-state index contributed by atoms with van der Waals surface area (Å²) in [7, 11) is 0. The molecule has 15 heavy (non-hydrogen) atoms. The summed E-state index contributed by atoms with van der Waals surface area (Å²) in [4.78, 5) is 0. The fraction of sp³-hybridized carbons (Fsp3) is 0.667. The van der Waals surface area contributed by atoms with Crippen LogP contribution in [0.25, 0.3) is 0 Å². The van der Waals surface area contributed by atoms with Gasteiger partial charge in [-0.25, -0.2) is 0 Å². The molecule has 1 aromatic heterocycles. The second-order valence-electron chi connectivity index (χ2n) is 4.68. The first-order valence-corrected chi connectivity index (χ1v) is 6.72. The minimum absolute atomic E-state index is 0.456. The van der Waals surface area contributed by atoms with Crippen LogP contribution in [0.4, 0.5) is 0 Å². The van der Waals surface area contributed by atoms with E-state index in [0.717, 1.165) is 18.3 Å². The largest absolute Gasteiger partial charge is 0.271 e. The lowest BCUT2D eigenvalue weighted by Gasteiger charge is -2.26. The third-order valence-electron chi connectivity index (χ3n) is 3.69. The Balaban J connectivity index is 1.97.